The van der Waals surface area contributed by atoms with E-state index in [4.69, 9.17) is 0 Å². The lowest BCUT2D eigenvalue weighted by atomic mass is 10.1. The van der Waals surface area contributed by atoms with E-state index >= 15 is 0 Å². The molecule has 0 aromatic carbocycles. The summed E-state index contributed by atoms with van der Waals surface area (Å²) >= 11 is 0. The molecule has 1 aliphatic heterocycles. The van der Waals surface area contributed by atoms with Gasteiger partial charge in [0.05, 0.1) is 6.04 Å². The van der Waals surface area contributed by atoms with Crippen molar-refractivity contribution in [2.24, 2.45) is 0 Å². The topological polar surface area (TPSA) is 28.2 Å². The highest BCUT2D eigenvalue weighted by atomic mass is 15.2. The van der Waals surface area contributed by atoms with Crippen LogP contribution in [0.2, 0.25) is 0 Å². The summed E-state index contributed by atoms with van der Waals surface area (Å²) in [6.07, 6.45) is 1.91. The molecule has 0 radical (unpaired) electrons. The monoisotopic (exact) mass is 177 g/mol. The van der Waals surface area contributed by atoms with Gasteiger partial charge in [0.15, 0.2) is 0 Å². The molecule has 0 spiro atoms. The van der Waals surface area contributed by atoms with Crippen LogP contribution in [0.3, 0.4) is 0 Å². The zero-order valence-corrected chi connectivity index (χ0v) is 8.12. The van der Waals surface area contributed by atoms with Gasteiger partial charge in [-0.15, -0.1) is 0 Å². The number of nitrogens with zero attached hydrogens (tertiary/aromatic N) is 2. The number of hydrogen-bond donors (Lipinski definition) is 1. The van der Waals surface area contributed by atoms with Crippen molar-refractivity contribution in [3.05, 3.63) is 23.9 Å². The summed E-state index contributed by atoms with van der Waals surface area (Å²) in [5.74, 6) is 1.07. The summed E-state index contributed by atoms with van der Waals surface area (Å²) in [5, 5.41) is 3.25. The summed E-state index contributed by atoms with van der Waals surface area (Å²) in [4.78, 5) is 6.61. The molecule has 1 saturated heterocycles. The normalized spacial score (nSPS) is 16.8. The molecule has 0 saturated carbocycles. The van der Waals surface area contributed by atoms with Crippen LogP contribution in [-0.2, 0) is 0 Å². The maximum absolute atomic E-state index is 4.38. The molecule has 0 amide bonds. The van der Waals surface area contributed by atoms with Crippen molar-refractivity contribution in [3.63, 3.8) is 0 Å². The highest BCUT2D eigenvalue weighted by Gasteiger charge is 2.21. The highest BCUT2D eigenvalue weighted by molar-refractivity contribution is 5.40. The Balaban J connectivity index is 2.10. The summed E-state index contributed by atoms with van der Waals surface area (Å²) in [5.41, 5.74) is 1.21. The van der Waals surface area contributed by atoms with Gasteiger partial charge in [-0.05, 0) is 18.6 Å². The largest absolute Gasteiger partial charge is 0.354 e. The Morgan fingerprint density at radius 2 is 2.23 bits per heavy atom. The van der Waals surface area contributed by atoms with Crippen molar-refractivity contribution in [1.82, 2.24) is 10.3 Å². The molecule has 1 N–H and O–H groups in total. The standard InChI is InChI=1S/C10H15N3/c1-8-3-4-10(12-5-8)13(2)9-6-11-7-9/h3-5,9,11H,6-7H2,1-2H3. The fraction of sp³-hybridized carbons (Fsp3) is 0.500. The second-order valence-electron chi connectivity index (χ2n) is 3.62. The van der Waals surface area contributed by atoms with Crippen LogP contribution in [0.4, 0.5) is 5.82 Å². The minimum Gasteiger partial charge on any atom is -0.354 e. The number of anilines is 1. The maximum atomic E-state index is 4.38. The van der Waals surface area contributed by atoms with E-state index in [1.165, 1.54) is 5.56 Å². The molecule has 2 rings (SSSR count). The van der Waals surface area contributed by atoms with Crippen molar-refractivity contribution < 1.29 is 0 Å². The third-order valence-corrected chi connectivity index (χ3v) is 2.56. The Labute approximate surface area is 78.8 Å². The maximum Gasteiger partial charge on any atom is 0.128 e. The number of nitrogens with one attached hydrogen (secondary N) is 1. The zero-order valence-electron chi connectivity index (χ0n) is 8.12. The predicted molar refractivity (Wildman–Crippen MR) is 54.0 cm³/mol. The molecule has 0 aliphatic carbocycles. The lowest BCUT2D eigenvalue weighted by molar-refractivity contribution is 0.427. The average molecular weight is 177 g/mol. The molecule has 1 aliphatic rings. The molecule has 1 aromatic rings. The first kappa shape index (κ1) is 8.51. The second kappa shape index (κ2) is 3.34. The van der Waals surface area contributed by atoms with Crippen molar-refractivity contribution >= 4 is 5.82 Å². The predicted octanol–water partition coefficient (Wildman–Crippen LogP) is 0.798. The van der Waals surface area contributed by atoms with Gasteiger partial charge in [-0.3, -0.25) is 0 Å². The molecule has 13 heavy (non-hydrogen) atoms. The van der Waals surface area contributed by atoms with E-state index < -0.39 is 0 Å². The van der Waals surface area contributed by atoms with Crippen LogP contribution < -0.4 is 10.2 Å². The van der Waals surface area contributed by atoms with Crippen molar-refractivity contribution in [2.75, 3.05) is 25.0 Å². The molecule has 70 valence electrons. The van der Waals surface area contributed by atoms with Crippen LogP contribution >= 0.6 is 0 Å². The first-order valence-electron chi connectivity index (χ1n) is 4.63. The molecule has 2 heterocycles. The average Bonchev–Trinajstić information content (AvgIpc) is 2.02. The van der Waals surface area contributed by atoms with Crippen molar-refractivity contribution in [2.45, 2.75) is 13.0 Å². The summed E-state index contributed by atoms with van der Waals surface area (Å²) in [6, 6.07) is 4.80. The highest BCUT2D eigenvalue weighted by Crippen LogP contribution is 2.13. The van der Waals surface area contributed by atoms with E-state index in [1.807, 2.05) is 6.20 Å². The van der Waals surface area contributed by atoms with Gasteiger partial charge in [-0.2, -0.15) is 0 Å². The molecule has 0 bridgehead atoms. The molecular formula is C10H15N3. The van der Waals surface area contributed by atoms with E-state index in [0.29, 0.717) is 6.04 Å². The van der Waals surface area contributed by atoms with Gasteiger partial charge in [0.25, 0.3) is 0 Å². The van der Waals surface area contributed by atoms with Crippen LogP contribution in [0.1, 0.15) is 5.56 Å². The summed E-state index contributed by atoms with van der Waals surface area (Å²) in [7, 11) is 2.10. The van der Waals surface area contributed by atoms with Gasteiger partial charge in [0.2, 0.25) is 0 Å². The molecule has 3 heteroatoms. The molecule has 1 aromatic heterocycles. The Bertz CT molecular complexity index is 277. The fourth-order valence-corrected chi connectivity index (χ4v) is 1.40. The zero-order chi connectivity index (χ0) is 9.26. The fourth-order valence-electron chi connectivity index (χ4n) is 1.40. The summed E-state index contributed by atoms with van der Waals surface area (Å²) < 4.78 is 0. The van der Waals surface area contributed by atoms with Gasteiger partial charge in [0.1, 0.15) is 5.82 Å². The van der Waals surface area contributed by atoms with Crippen LogP contribution in [0.15, 0.2) is 18.3 Å². The number of rotatable bonds is 2. The molecule has 1 fully saturated rings. The van der Waals surface area contributed by atoms with Crippen molar-refractivity contribution in [1.29, 1.82) is 0 Å². The van der Waals surface area contributed by atoms with Crippen LogP contribution in [0.5, 0.6) is 0 Å². The number of hydrogen-bond acceptors (Lipinski definition) is 3. The lowest BCUT2D eigenvalue weighted by Gasteiger charge is -2.36. The SMILES string of the molecule is Cc1ccc(N(C)C2CNC2)nc1. The molecule has 0 unspecified atom stereocenters. The van der Waals surface area contributed by atoms with E-state index in [-0.39, 0.29) is 0 Å². The van der Waals surface area contributed by atoms with Crippen molar-refractivity contribution in [3.8, 4) is 0 Å². The van der Waals surface area contributed by atoms with Gasteiger partial charge < -0.3 is 10.2 Å². The van der Waals surface area contributed by atoms with E-state index in [9.17, 15) is 0 Å². The third-order valence-electron chi connectivity index (χ3n) is 2.56. The quantitative estimate of drug-likeness (QED) is 0.724. The number of aryl methyl sites for hydroxylation is 1. The lowest BCUT2D eigenvalue weighted by Crippen LogP contribution is -2.56. The third kappa shape index (κ3) is 1.65. The van der Waals surface area contributed by atoms with Crippen LogP contribution in [-0.4, -0.2) is 31.2 Å². The smallest absolute Gasteiger partial charge is 0.128 e. The van der Waals surface area contributed by atoms with E-state index in [2.05, 4.69) is 41.3 Å². The number of aromatic nitrogens is 1. The molecule has 0 atom stereocenters. The minimum absolute atomic E-state index is 0.621. The number of likely N-dealkylation sites (N-methyl/N-ethyl adjacent to an activating group) is 1. The van der Waals surface area contributed by atoms with Gasteiger partial charge in [-0.1, -0.05) is 6.07 Å². The van der Waals surface area contributed by atoms with Crippen LogP contribution in [0.25, 0.3) is 0 Å². The van der Waals surface area contributed by atoms with E-state index in [0.717, 1.165) is 18.9 Å². The van der Waals surface area contributed by atoms with Gasteiger partial charge in [0, 0.05) is 26.3 Å². The minimum atomic E-state index is 0.621. The Morgan fingerprint density at radius 1 is 1.46 bits per heavy atom. The van der Waals surface area contributed by atoms with Crippen LogP contribution in [0, 0.1) is 6.92 Å². The first-order valence-corrected chi connectivity index (χ1v) is 4.63. The van der Waals surface area contributed by atoms with Gasteiger partial charge >= 0.3 is 0 Å². The molecule has 3 nitrogen and oxygen atoms in total. The molecular weight excluding hydrogens is 162 g/mol. The number of pyridine rings is 1. The second-order valence-corrected chi connectivity index (χ2v) is 3.62. The Hall–Kier alpha value is -1.09. The Kier molecular flexibility index (Phi) is 2.19. The first-order chi connectivity index (χ1) is 6.27. The summed E-state index contributed by atoms with van der Waals surface area (Å²) in [6.45, 7) is 4.21. The Morgan fingerprint density at radius 3 is 2.69 bits per heavy atom. The van der Waals surface area contributed by atoms with Gasteiger partial charge in [-0.25, -0.2) is 4.98 Å². The van der Waals surface area contributed by atoms with E-state index in [1.54, 1.807) is 0 Å².